The van der Waals surface area contributed by atoms with Crippen LogP contribution in [0.3, 0.4) is 0 Å². The molecule has 0 unspecified atom stereocenters. The lowest BCUT2D eigenvalue weighted by Crippen LogP contribution is -2.15. The Morgan fingerprint density at radius 3 is 2.60 bits per heavy atom. The molecule has 15 heavy (non-hydrogen) atoms. The highest BCUT2D eigenvalue weighted by molar-refractivity contribution is 4.97. The van der Waals surface area contributed by atoms with E-state index in [1.807, 2.05) is 6.07 Å². The molecule has 76 valence electrons. The van der Waals surface area contributed by atoms with Crippen LogP contribution in [0, 0.1) is 0 Å². The number of hydrogen-bond acceptors (Lipinski definition) is 5. The minimum absolute atomic E-state index is 0.644. The molecule has 0 aliphatic heterocycles. The van der Waals surface area contributed by atoms with Gasteiger partial charge in [-0.2, -0.15) is 0 Å². The molecule has 5 nitrogen and oxygen atoms in total. The maximum Gasteiger partial charge on any atom is 0.141 e. The minimum Gasteiger partial charge on any atom is -0.304 e. The Morgan fingerprint density at radius 2 is 1.87 bits per heavy atom. The van der Waals surface area contributed by atoms with Gasteiger partial charge in [-0.05, 0) is 12.1 Å². The van der Waals surface area contributed by atoms with Gasteiger partial charge in [-0.3, -0.25) is 0 Å². The summed E-state index contributed by atoms with van der Waals surface area (Å²) in [6.07, 6.45) is 6.72. The number of rotatable bonds is 4. The number of aromatic nitrogens is 4. The third kappa shape index (κ3) is 3.07. The van der Waals surface area contributed by atoms with Gasteiger partial charge in [0.2, 0.25) is 0 Å². The summed E-state index contributed by atoms with van der Waals surface area (Å²) in [5.74, 6) is 0.784. The largest absolute Gasteiger partial charge is 0.304 e. The molecule has 0 saturated heterocycles. The van der Waals surface area contributed by atoms with E-state index in [2.05, 4.69) is 25.3 Å². The molecule has 0 aliphatic rings. The van der Waals surface area contributed by atoms with Crippen LogP contribution >= 0.6 is 0 Å². The van der Waals surface area contributed by atoms with Crippen molar-refractivity contribution in [3.05, 3.63) is 48.6 Å². The Hall–Kier alpha value is -1.88. The van der Waals surface area contributed by atoms with Crippen molar-refractivity contribution in [2.24, 2.45) is 0 Å². The first kappa shape index (κ1) is 9.67. The SMILES string of the molecule is c1cnc(CNCc2ccncn2)nc1. The van der Waals surface area contributed by atoms with Crippen LogP contribution in [0.15, 0.2) is 37.1 Å². The van der Waals surface area contributed by atoms with Gasteiger partial charge in [0.25, 0.3) is 0 Å². The maximum absolute atomic E-state index is 4.10. The molecule has 0 fully saturated rings. The third-order valence-corrected chi connectivity index (χ3v) is 1.85. The van der Waals surface area contributed by atoms with E-state index in [4.69, 9.17) is 0 Å². The number of nitrogens with one attached hydrogen (secondary N) is 1. The van der Waals surface area contributed by atoms with Crippen molar-refractivity contribution in [3.8, 4) is 0 Å². The molecule has 0 radical (unpaired) electrons. The zero-order chi connectivity index (χ0) is 10.3. The van der Waals surface area contributed by atoms with E-state index in [1.54, 1.807) is 24.7 Å². The summed E-state index contributed by atoms with van der Waals surface area (Å²) in [5.41, 5.74) is 0.959. The molecule has 2 aromatic rings. The fourth-order valence-corrected chi connectivity index (χ4v) is 1.15. The first-order valence-electron chi connectivity index (χ1n) is 4.66. The lowest BCUT2D eigenvalue weighted by atomic mass is 10.4. The second-order valence-corrected chi connectivity index (χ2v) is 2.97. The Kier molecular flexibility index (Phi) is 3.30. The zero-order valence-electron chi connectivity index (χ0n) is 8.17. The molecule has 0 atom stereocenters. The number of hydrogen-bond donors (Lipinski definition) is 1. The smallest absolute Gasteiger partial charge is 0.141 e. The molecule has 0 aromatic carbocycles. The quantitative estimate of drug-likeness (QED) is 0.782. The van der Waals surface area contributed by atoms with Gasteiger partial charge in [0.1, 0.15) is 12.2 Å². The van der Waals surface area contributed by atoms with Crippen LogP contribution in [0.5, 0.6) is 0 Å². The van der Waals surface area contributed by atoms with Gasteiger partial charge < -0.3 is 5.32 Å². The highest BCUT2D eigenvalue weighted by Crippen LogP contribution is 1.91. The molecule has 0 spiro atoms. The topological polar surface area (TPSA) is 63.6 Å². The van der Waals surface area contributed by atoms with Gasteiger partial charge in [-0.25, -0.2) is 19.9 Å². The van der Waals surface area contributed by atoms with Crippen LogP contribution in [-0.4, -0.2) is 19.9 Å². The van der Waals surface area contributed by atoms with Crippen LogP contribution in [0.1, 0.15) is 11.5 Å². The molecule has 0 bridgehead atoms. The Bertz CT molecular complexity index is 350. The zero-order valence-corrected chi connectivity index (χ0v) is 8.17. The van der Waals surface area contributed by atoms with E-state index in [9.17, 15) is 0 Å². The van der Waals surface area contributed by atoms with E-state index in [0.29, 0.717) is 13.1 Å². The summed E-state index contributed by atoms with van der Waals surface area (Å²) < 4.78 is 0. The summed E-state index contributed by atoms with van der Waals surface area (Å²) >= 11 is 0. The normalized spacial score (nSPS) is 10.1. The summed E-state index contributed by atoms with van der Waals surface area (Å²) in [6.45, 7) is 1.34. The summed E-state index contributed by atoms with van der Waals surface area (Å²) in [7, 11) is 0. The fourth-order valence-electron chi connectivity index (χ4n) is 1.15. The molecular formula is C10H11N5. The van der Waals surface area contributed by atoms with E-state index < -0.39 is 0 Å². The Morgan fingerprint density at radius 1 is 1.00 bits per heavy atom. The molecule has 0 saturated carbocycles. The second-order valence-electron chi connectivity index (χ2n) is 2.97. The second kappa shape index (κ2) is 5.11. The molecule has 1 N–H and O–H groups in total. The highest BCUT2D eigenvalue weighted by Gasteiger charge is 1.95. The predicted molar refractivity (Wildman–Crippen MR) is 54.6 cm³/mol. The molecule has 5 heteroatoms. The van der Waals surface area contributed by atoms with Crippen molar-refractivity contribution in [3.63, 3.8) is 0 Å². The van der Waals surface area contributed by atoms with Crippen molar-refractivity contribution in [1.82, 2.24) is 25.3 Å². The molecule has 0 aliphatic carbocycles. The van der Waals surface area contributed by atoms with E-state index in [1.165, 1.54) is 6.33 Å². The standard InChI is InChI=1S/C10H11N5/c1-3-13-10(14-4-1)7-12-6-9-2-5-11-8-15-9/h1-5,8,12H,6-7H2. The molecule has 2 aromatic heterocycles. The van der Waals surface area contributed by atoms with Gasteiger partial charge in [0.15, 0.2) is 0 Å². The average molecular weight is 201 g/mol. The van der Waals surface area contributed by atoms with Gasteiger partial charge in [0.05, 0.1) is 12.2 Å². The minimum atomic E-state index is 0.644. The van der Waals surface area contributed by atoms with Gasteiger partial charge >= 0.3 is 0 Å². The molecule has 0 amide bonds. The van der Waals surface area contributed by atoms with Gasteiger partial charge in [0, 0.05) is 25.1 Å². The fraction of sp³-hybridized carbons (Fsp3) is 0.200. The molecule has 2 heterocycles. The summed E-state index contributed by atoms with van der Waals surface area (Å²) in [6, 6.07) is 3.67. The van der Waals surface area contributed by atoms with Gasteiger partial charge in [-0.1, -0.05) is 0 Å². The van der Waals surface area contributed by atoms with Crippen molar-refractivity contribution >= 4 is 0 Å². The Labute approximate surface area is 87.6 Å². The van der Waals surface area contributed by atoms with E-state index in [0.717, 1.165) is 11.5 Å². The van der Waals surface area contributed by atoms with Crippen LogP contribution < -0.4 is 5.32 Å². The summed E-state index contributed by atoms with van der Waals surface area (Å²) in [5, 5.41) is 3.20. The van der Waals surface area contributed by atoms with E-state index in [-0.39, 0.29) is 0 Å². The monoisotopic (exact) mass is 201 g/mol. The van der Waals surface area contributed by atoms with Crippen molar-refractivity contribution in [2.75, 3.05) is 0 Å². The molecular weight excluding hydrogens is 190 g/mol. The highest BCUT2D eigenvalue weighted by atomic mass is 15.0. The van der Waals surface area contributed by atoms with Crippen LogP contribution in [0.25, 0.3) is 0 Å². The lowest BCUT2D eigenvalue weighted by molar-refractivity contribution is 0.650. The van der Waals surface area contributed by atoms with Crippen LogP contribution in [0.4, 0.5) is 0 Å². The first-order chi connectivity index (χ1) is 7.45. The third-order valence-electron chi connectivity index (χ3n) is 1.85. The van der Waals surface area contributed by atoms with E-state index >= 15 is 0 Å². The number of nitrogens with zero attached hydrogens (tertiary/aromatic N) is 4. The van der Waals surface area contributed by atoms with Crippen LogP contribution in [-0.2, 0) is 13.1 Å². The van der Waals surface area contributed by atoms with Crippen molar-refractivity contribution in [1.29, 1.82) is 0 Å². The summed E-state index contributed by atoms with van der Waals surface area (Å²) in [4.78, 5) is 16.2. The van der Waals surface area contributed by atoms with Crippen molar-refractivity contribution < 1.29 is 0 Å². The van der Waals surface area contributed by atoms with Gasteiger partial charge in [-0.15, -0.1) is 0 Å². The predicted octanol–water partition coefficient (Wildman–Crippen LogP) is 0.556. The first-order valence-corrected chi connectivity index (χ1v) is 4.66. The Balaban J connectivity index is 1.81. The average Bonchev–Trinajstić information content (AvgIpc) is 2.32. The molecule has 2 rings (SSSR count). The lowest BCUT2D eigenvalue weighted by Gasteiger charge is -2.02. The maximum atomic E-state index is 4.10. The van der Waals surface area contributed by atoms with Crippen LogP contribution in [0.2, 0.25) is 0 Å². The van der Waals surface area contributed by atoms with Crippen molar-refractivity contribution in [2.45, 2.75) is 13.1 Å².